The van der Waals surface area contributed by atoms with Gasteiger partial charge in [-0.15, -0.1) is 11.8 Å². The van der Waals surface area contributed by atoms with E-state index >= 15 is 0 Å². The third kappa shape index (κ3) is 3.88. The highest BCUT2D eigenvalue weighted by Gasteiger charge is 2.40. The molecule has 1 aliphatic rings. The molecule has 0 saturated carbocycles. The Labute approximate surface area is 112 Å². The molecule has 0 bridgehead atoms. The monoisotopic (exact) mass is 275 g/mol. The predicted molar refractivity (Wildman–Crippen MR) is 70.5 cm³/mol. The molecule has 1 fully saturated rings. The minimum absolute atomic E-state index is 0.00484. The van der Waals surface area contributed by atoms with Crippen LogP contribution in [0.1, 0.15) is 33.1 Å². The van der Waals surface area contributed by atoms with Crippen LogP contribution in [0.15, 0.2) is 0 Å². The van der Waals surface area contributed by atoms with Crippen molar-refractivity contribution in [3.8, 4) is 0 Å². The number of carbonyl (C=O) groups is 2. The van der Waals surface area contributed by atoms with Crippen LogP contribution in [0.4, 0.5) is 0 Å². The van der Waals surface area contributed by atoms with Gasteiger partial charge in [-0.3, -0.25) is 4.79 Å². The Balaban J connectivity index is 2.63. The lowest BCUT2D eigenvalue weighted by molar-refractivity contribution is -0.149. The summed E-state index contributed by atoms with van der Waals surface area (Å²) >= 11 is 1.56. The van der Waals surface area contributed by atoms with Crippen molar-refractivity contribution in [2.24, 2.45) is 0 Å². The van der Waals surface area contributed by atoms with Crippen molar-refractivity contribution in [2.75, 3.05) is 19.0 Å². The van der Waals surface area contributed by atoms with Gasteiger partial charge in [0.15, 0.2) is 0 Å². The van der Waals surface area contributed by atoms with Crippen LogP contribution in [0.2, 0.25) is 0 Å². The molecule has 1 aliphatic heterocycles. The number of hydrogen-bond donors (Lipinski definition) is 1. The summed E-state index contributed by atoms with van der Waals surface area (Å²) in [4.78, 5) is 24.8. The minimum Gasteiger partial charge on any atom is -0.480 e. The average molecular weight is 275 g/mol. The van der Waals surface area contributed by atoms with Gasteiger partial charge in [0.2, 0.25) is 5.91 Å². The van der Waals surface area contributed by atoms with E-state index in [9.17, 15) is 9.59 Å². The molecule has 1 saturated heterocycles. The van der Waals surface area contributed by atoms with Crippen LogP contribution < -0.4 is 0 Å². The van der Waals surface area contributed by atoms with E-state index < -0.39 is 12.0 Å². The van der Waals surface area contributed by atoms with Crippen LogP contribution in [0.3, 0.4) is 0 Å². The number of carboxylic acid groups (broad SMARTS) is 1. The molecule has 0 aromatic carbocycles. The predicted octanol–water partition coefficient (Wildman–Crippen LogP) is 1.57. The lowest BCUT2D eigenvalue weighted by Crippen LogP contribution is -2.45. The minimum atomic E-state index is -0.911. The van der Waals surface area contributed by atoms with E-state index in [1.165, 1.54) is 4.90 Å². The Morgan fingerprint density at radius 3 is 2.72 bits per heavy atom. The number of rotatable bonds is 7. The van der Waals surface area contributed by atoms with E-state index in [1.54, 1.807) is 11.8 Å². The number of ether oxygens (including phenoxy) is 1. The van der Waals surface area contributed by atoms with Crippen LogP contribution in [0.25, 0.3) is 0 Å². The van der Waals surface area contributed by atoms with E-state index in [4.69, 9.17) is 9.84 Å². The van der Waals surface area contributed by atoms with Gasteiger partial charge in [-0.05, 0) is 13.3 Å². The summed E-state index contributed by atoms with van der Waals surface area (Å²) in [7, 11) is 0. The maximum atomic E-state index is 12.1. The van der Waals surface area contributed by atoms with Crippen molar-refractivity contribution in [1.29, 1.82) is 0 Å². The average Bonchev–Trinajstić information content (AvgIpc) is 2.73. The summed E-state index contributed by atoms with van der Waals surface area (Å²) in [6.07, 6.45) is 2.05. The number of nitrogens with zero attached hydrogens (tertiary/aromatic N) is 1. The first-order chi connectivity index (χ1) is 8.61. The SMILES string of the molecule is CCCC1SCC(C(=O)O)N1C(=O)CCOCC. The van der Waals surface area contributed by atoms with Crippen LogP contribution in [0.5, 0.6) is 0 Å². The molecule has 104 valence electrons. The number of thioether (sulfide) groups is 1. The molecule has 0 spiro atoms. The van der Waals surface area contributed by atoms with E-state index in [1.807, 2.05) is 13.8 Å². The lowest BCUT2D eigenvalue weighted by Gasteiger charge is -2.27. The van der Waals surface area contributed by atoms with Crippen molar-refractivity contribution in [3.63, 3.8) is 0 Å². The zero-order valence-corrected chi connectivity index (χ0v) is 11.7. The fraction of sp³-hybridized carbons (Fsp3) is 0.833. The van der Waals surface area contributed by atoms with Gasteiger partial charge >= 0.3 is 5.97 Å². The maximum Gasteiger partial charge on any atom is 0.327 e. The smallest absolute Gasteiger partial charge is 0.327 e. The highest BCUT2D eigenvalue weighted by atomic mass is 32.2. The fourth-order valence-corrected chi connectivity index (χ4v) is 3.53. The van der Waals surface area contributed by atoms with Gasteiger partial charge in [-0.25, -0.2) is 4.79 Å². The Kier molecular flexibility index (Phi) is 6.49. The second-order valence-electron chi connectivity index (χ2n) is 4.18. The number of aliphatic carboxylic acids is 1. The normalized spacial score (nSPS) is 23.3. The van der Waals surface area contributed by atoms with Gasteiger partial charge in [0.25, 0.3) is 0 Å². The van der Waals surface area contributed by atoms with Gasteiger partial charge in [0.05, 0.1) is 18.4 Å². The molecule has 0 aromatic rings. The van der Waals surface area contributed by atoms with Gasteiger partial charge < -0.3 is 14.7 Å². The second kappa shape index (κ2) is 7.63. The summed E-state index contributed by atoms with van der Waals surface area (Å²) in [6, 6.07) is -0.680. The summed E-state index contributed by atoms with van der Waals surface area (Å²) < 4.78 is 5.15. The molecule has 0 aromatic heterocycles. The van der Waals surface area contributed by atoms with Crippen molar-refractivity contribution in [1.82, 2.24) is 4.90 Å². The maximum absolute atomic E-state index is 12.1. The molecule has 5 nitrogen and oxygen atoms in total. The highest BCUT2D eigenvalue weighted by Crippen LogP contribution is 2.32. The van der Waals surface area contributed by atoms with Gasteiger partial charge in [-0.2, -0.15) is 0 Å². The van der Waals surface area contributed by atoms with Crippen LogP contribution in [-0.2, 0) is 14.3 Å². The lowest BCUT2D eigenvalue weighted by atomic mass is 10.2. The van der Waals surface area contributed by atoms with Crippen LogP contribution >= 0.6 is 11.8 Å². The standard InChI is InChI=1S/C12H21NO4S/c1-3-5-11-13(9(8-18-11)12(15)16)10(14)6-7-17-4-2/h9,11H,3-8H2,1-2H3,(H,15,16). The molecule has 1 heterocycles. The molecule has 1 amide bonds. The molecule has 1 N–H and O–H groups in total. The van der Waals surface area contributed by atoms with Crippen molar-refractivity contribution >= 4 is 23.6 Å². The largest absolute Gasteiger partial charge is 0.480 e. The topological polar surface area (TPSA) is 66.8 Å². The molecule has 2 unspecified atom stereocenters. The number of hydrogen-bond acceptors (Lipinski definition) is 4. The van der Waals surface area contributed by atoms with Crippen molar-refractivity contribution in [2.45, 2.75) is 44.5 Å². The first kappa shape index (κ1) is 15.3. The van der Waals surface area contributed by atoms with E-state index in [-0.39, 0.29) is 17.7 Å². The number of carboxylic acids is 1. The molecular weight excluding hydrogens is 254 g/mol. The molecule has 1 rings (SSSR count). The summed E-state index contributed by atoms with van der Waals surface area (Å²) in [5.41, 5.74) is 0. The fourth-order valence-electron chi connectivity index (χ4n) is 1.99. The Morgan fingerprint density at radius 2 is 2.17 bits per heavy atom. The summed E-state index contributed by atoms with van der Waals surface area (Å²) in [6.45, 7) is 4.85. The Bertz CT molecular complexity index is 298. The quantitative estimate of drug-likeness (QED) is 0.714. The molecule has 0 aliphatic carbocycles. The molecule has 18 heavy (non-hydrogen) atoms. The zero-order valence-electron chi connectivity index (χ0n) is 10.9. The third-order valence-electron chi connectivity index (χ3n) is 2.87. The second-order valence-corrected chi connectivity index (χ2v) is 5.39. The third-order valence-corrected chi connectivity index (χ3v) is 4.22. The summed E-state index contributed by atoms with van der Waals surface area (Å²) in [5, 5.41) is 9.16. The number of carbonyl (C=O) groups excluding carboxylic acids is 1. The van der Waals surface area contributed by atoms with Crippen LogP contribution in [0, 0.1) is 0 Å². The summed E-state index contributed by atoms with van der Waals surface area (Å²) in [5.74, 6) is -0.537. The zero-order chi connectivity index (χ0) is 13.5. The van der Waals surface area contributed by atoms with E-state index in [0.29, 0.717) is 19.0 Å². The van der Waals surface area contributed by atoms with Gasteiger partial charge in [0, 0.05) is 12.4 Å². The molecule has 6 heteroatoms. The Hall–Kier alpha value is -0.750. The van der Waals surface area contributed by atoms with Crippen LogP contribution in [-0.4, -0.2) is 52.3 Å². The van der Waals surface area contributed by atoms with E-state index in [2.05, 4.69) is 0 Å². The first-order valence-electron chi connectivity index (χ1n) is 6.35. The number of amides is 1. The van der Waals surface area contributed by atoms with Crippen molar-refractivity contribution in [3.05, 3.63) is 0 Å². The molecule has 0 radical (unpaired) electrons. The Morgan fingerprint density at radius 1 is 1.44 bits per heavy atom. The first-order valence-corrected chi connectivity index (χ1v) is 7.40. The van der Waals surface area contributed by atoms with Gasteiger partial charge in [-0.1, -0.05) is 13.3 Å². The van der Waals surface area contributed by atoms with E-state index in [0.717, 1.165) is 12.8 Å². The molecular formula is C12H21NO4S. The highest BCUT2D eigenvalue weighted by molar-refractivity contribution is 8.00. The van der Waals surface area contributed by atoms with Crippen molar-refractivity contribution < 1.29 is 19.4 Å². The van der Waals surface area contributed by atoms with Gasteiger partial charge in [0.1, 0.15) is 6.04 Å². The molecule has 2 atom stereocenters.